The second-order valence-electron chi connectivity index (χ2n) is 10.4. The number of amides is 5. The van der Waals surface area contributed by atoms with E-state index >= 15 is 0 Å². The van der Waals surface area contributed by atoms with Crippen molar-refractivity contribution in [2.24, 2.45) is 17.1 Å². The lowest BCUT2D eigenvalue weighted by Crippen LogP contribution is -2.60. The van der Waals surface area contributed by atoms with Gasteiger partial charge in [-0.3, -0.25) is 24.0 Å². The van der Waals surface area contributed by atoms with Crippen LogP contribution in [0.2, 0.25) is 0 Å². The summed E-state index contributed by atoms with van der Waals surface area (Å²) >= 11 is 0. The molecule has 2 rings (SSSR count). The quantitative estimate of drug-likeness (QED) is 0.223. The van der Waals surface area contributed by atoms with Crippen LogP contribution in [-0.4, -0.2) is 78.2 Å². The minimum absolute atomic E-state index is 0.177. The number of primary amides is 1. The summed E-state index contributed by atoms with van der Waals surface area (Å²) in [4.78, 5) is 75.9. The molecule has 0 radical (unpaired) electrons. The van der Waals surface area contributed by atoms with Gasteiger partial charge in [0.2, 0.25) is 17.6 Å². The molecule has 0 aromatic heterocycles. The van der Waals surface area contributed by atoms with Crippen LogP contribution in [0.1, 0.15) is 66.2 Å². The van der Waals surface area contributed by atoms with Crippen LogP contribution in [0.4, 0.5) is 4.79 Å². The molecule has 3 atom stereocenters. The van der Waals surface area contributed by atoms with Crippen LogP contribution in [0, 0.1) is 11.3 Å². The topological polar surface area (TPSA) is 177 Å². The van der Waals surface area contributed by atoms with E-state index in [0.717, 1.165) is 19.3 Å². The lowest BCUT2D eigenvalue weighted by molar-refractivity contribution is -0.143. The Balaban J connectivity index is 2.10. The number of nitrogens with two attached hydrogens (primary N) is 1. The highest BCUT2D eigenvalue weighted by atomic mass is 16.5. The molecule has 1 aliphatic carbocycles. The van der Waals surface area contributed by atoms with Crippen molar-refractivity contribution in [1.82, 2.24) is 20.9 Å². The third-order valence-electron chi connectivity index (χ3n) is 6.60. The minimum Gasteiger partial charge on any atom is -0.465 e. The molecule has 12 heteroatoms. The van der Waals surface area contributed by atoms with Crippen molar-refractivity contribution in [3.63, 3.8) is 0 Å². The number of likely N-dealkylation sites (tertiary alicyclic amines) is 1. The molecular weight excluding hydrogens is 470 g/mol. The van der Waals surface area contributed by atoms with E-state index in [-0.39, 0.29) is 19.1 Å². The summed E-state index contributed by atoms with van der Waals surface area (Å²) in [6, 6.07) is -3.59. The molecule has 0 spiro atoms. The maximum Gasteiger partial charge on any atom is 0.325 e. The van der Waals surface area contributed by atoms with E-state index in [0.29, 0.717) is 25.8 Å². The minimum atomic E-state index is -1.11. The van der Waals surface area contributed by atoms with Crippen LogP contribution in [-0.2, 0) is 28.7 Å². The average Bonchev–Trinajstić information content (AvgIpc) is 3.26. The first-order chi connectivity index (χ1) is 16.8. The highest BCUT2D eigenvalue weighted by molar-refractivity contribution is 6.37. The van der Waals surface area contributed by atoms with Crippen LogP contribution in [0.25, 0.3) is 0 Å². The molecule has 5 N–H and O–H groups in total. The molecule has 0 aromatic rings. The number of nitrogens with zero attached hydrogens (tertiary/aromatic N) is 1. The molecule has 1 aliphatic heterocycles. The number of esters is 1. The van der Waals surface area contributed by atoms with Gasteiger partial charge in [-0.2, -0.15) is 0 Å². The fourth-order valence-corrected chi connectivity index (χ4v) is 4.40. The van der Waals surface area contributed by atoms with Gasteiger partial charge in [0, 0.05) is 6.54 Å². The van der Waals surface area contributed by atoms with Gasteiger partial charge in [0.1, 0.15) is 18.6 Å². The Hall–Kier alpha value is -3.18. The van der Waals surface area contributed by atoms with E-state index in [9.17, 15) is 28.8 Å². The molecule has 12 nitrogen and oxygen atoms in total. The molecule has 1 saturated heterocycles. The molecule has 5 amide bonds. The molecular formula is C24H39N5O7. The summed E-state index contributed by atoms with van der Waals surface area (Å²) < 4.78 is 4.78. The molecule has 2 fully saturated rings. The molecule has 0 aromatic carbocycles. The number of carbonyl (C=O) groups excluding carboxylic acids is 6. The second-order valence-corrected chi connectivity index (χ2v) is 10.4. The molecule has 1 saturated carbocycles. The van der Waals surface area contributed by atoms with Crippen LogP contribution in [0.5, 0.6) is 0 Å². The van der Waals surface area contributed by atoms with Gasteiger partial charge in [0.25, 0.3) is 5.91 Å². The van der Waals surface area contributed by atoms with Crippen molar-refractivity contribution < 1.29 is 33.5 Å². The van der Waals surface area contributed by atoms with Crippen LogP contribution in [0.3, 0.4) is 0 Å². The van der Waals surface area contributed by atoms with Gasteiger partial charge in [-0.15, -0.1) is 0 Å². The highest BCUT2D eigenvalue weighted by Crippen LogP contribution is 2.31. The van der Waals surface area contributed by atoms with E-state index in [4.69, 9.17) is 10.5 Å². The van der Waals surface area contributed by atoms with E-state index in [1.54, 1.807) is 27.7 Å². The second kappa shape index (κ2) is 12.7. The summed E-state index contributed by atoms with van der Waals surface area (Å²) in [6.45, 7) is 7.08. The van der Waals surface area contributed by atoms with Crippen LogP contribution in [0.15, 0.2) is 0 Å². The Morgan fingerprint density at radius 3 is 2.22 bits per heavy atom. The van der Waals surface area contributed by atoms with E-state index < -0.39 is 59.0 Å². The Bertz CT molecular complexity index is 865. The van der Waals surface area contributed by atoms with Crippen LogP contribution < -0.4 is 21.7 Å². The molecule has 2 unspecified atom stereocenters. The van der Waals surface area contributed by atoms with Crippen molar-refractivity contribution >= 4 is 35.5 Å². The average molecular weight is 510 g/mol. The van der Waals surface area contributed by atoms with Gasteiger partial charge in [-0.05, 0) is 37.5 Å². The SMILES string of the molecule is CCOC(=O)CNC(=O)NC(C(=O)N1CCC[C@H]1C(=O)NC(CC1CCC1)C(=O)C(N)=O)C(C)(C)C. The molecule has 2 aliphatic rings. The summed E-state index contributed by atoms with van der Waals surface area (Å²) in [7, 11) is 0. The number of ketones is 1. The number of ether oxygens (including phenoxy) is 1. The van der Waals surface area contributed by atoms with Crippen LogP contribution >= 0.6 is 0 Å². The van der Waals surface area contributed by atoms with E-state index in [1.165, 1.54) is 4.90 Å². The number of hydrogen-bond donors (Lipinski definition) is 4. The van der Waals surface area contributed by atoms with Crippen molar-refractivity contribution in [1.29, 1.82) is 0 Å². The summed E-state index contributed by atoms with van der Waals surface area (Å²) in [5.74, 6) is -3.31. The summed E-state index contributed by atoms with van der Waals surface area (Å²) in [6.07, 6.45) is 4.15. The predicted molar refractivity (Wildman–Crippen MR) is 129 cm³/mol. The number of nitrogens with one attached hydrogen (secondary N) is 3. The largest absolute Gasteiger partial charge is 0.465 e. The number of Topliss-reactive ketones (excluding diaryl/α,β-unsaturated/α-hetero) is 1. The van der Waals surface area contributed by atoms with E-state index in [2.05, 4.69) is 16.0 Å². The van der Waals surface area contributed by atoms with Gasteiger partial charge in [-0.25, -0.2) is 4.79 Å². The first kappa shape index (κ1) is 29.1. The number of rotatable bonds is 11. The fraction of sp³-hybridized carbons (Fsp3) is 0.750. The van der Waals surface area contributed by atoms with Gasteiger partial charge in [0.05, 0.1) is 12.6 Å². The smallest absolute Gasteiger partial charge is 0.325 e. The Morgan fingerprint density at radius 2 is 1.69 bits per heavy atom. The molecule has 202 valence electrons. The Kier molecular flexibility index (Phi) is 10.2. The third-order valence-corrected chi connectivity index (χ3v) is 6.60. The lowest BCUT2D eigenvalue weighted by atomic mass is 9.80. The third kappa shape index (κ3) is 7.92. The Labute approximate surface area is 211 Å². The maximum atomic E-state index is 13.5. The number of carbonyl (C=O) groups is 6. The predicted octanol–water partition coefficient (Wildman–Crippen LogP) is -0.0162. The molecule has 36 heavy (non-hydrogen) atoms. The van der Waals surface area contributed by atoms with E-state index in [1.807, 2.05) is 0 Å². The fourth-order valence-electron chi connectivity index (χ4n) is 4.40. The maximum absolute atomic E-state index is 13.5. The Morgan fingerprint density at radius 1 is 1.03 bits per heavy atom. The first-order valence-corrected chi connectivity index (χ1v) is 12.5. The zero-order chi connectivity index (χ0) is 27.0. The standard InChI is InChI=1S/C24H39N5O7/c1-5-36-17(30)13-26-23(35)28-19(24(2,3)4)22(34)29-11-7-10-16(29)21(33)27-15(18(31)20(25)32)12-14-8-6-9-14/h14-16,19H,5-13H2,1-4H3,(H2,25,32)(H,27,33)(H2,26,28,35)/t15?,16-,19?/m0/s1. The first-order valence-electron chi connectivity index (χ1n) is 12.5. The number of hydrogen-bond acceptors (Lipinski definition) is 7. The highest BCUT2D eigenvalue weighted by Gasteiger charge is 2.43. The van der Waals surface area contributed by atoms with Gasteiger partial charge >= 0.3 is 12.0 Å². The number of urea groups is 1. The molecule has 0 bridgehead atoms. The van der Waals surface area contributed by atoms with Crippen molar-refractivity contribution in [2.45, 2.75) is 84.3 Å². The van der Waals surface area contributed by atoms with Gasteiger partial charge in [-0.1, -0.05) is 40.0 Å². The summed E-state index contributed by atoms with van der Waals surface area (Å²) in [5, 5.41) is 7.63. The van der Waals surface area contributed by atoms with Gasteiger partial charge in [0.15, 0.2) is 0 Å². The van der Waals surface area contributed by atoms with Gasteiger partial charge < -0.3 is 31.3 Å². The summed E-state index contributed by atoms with van der Waals surface area (Å²) in [5.41, 5.74) is 4.48. The monoisotopic (exact) mass is 509 g/mol. The zero-order valence-corrected chi connectivity index (χ0v) is 21.6. The normalized spacial score (nSPS) is 19.4. The van der Waals surface area contributed by atoms with Crippen molar-refractivity contribution in [3.8, 4) is 0 Å². The molecule has 1 heterocycles. The van der Waals surface area contributed by atoms with Crippen molar-refractivity contribution in [3.05, 3.63) is 0 Å². The van der Waals surface area contributed by atoms with Crippen molar-refractivity contribution in [2.75, 3.05) is 19.7 Å². The zero-order valence-electron chi connectivity index (χ0n) is 21.6. The lowest BCUT2D eigenvalue weighted by Gasteiger charge is -2.36.